The molecule has 2 aliphatic rings. The van der Waals surface area contributed by atoms with Gasteiger partial charge in [0.15, 0.2) is 0 Å². The van der Waals surface area contributed by atoms with Crippen LogP contribution in [0.4, 0.5) is 18.9 Å². The molecule has 38 heavy (non-hydrogen) atoms. The number of aliphatic carboxylic acids is 1. The van der Waals surface area contributed by atoms with Gasteiger partial charge in [-0.3, -0.25) is 9.69 Å². The number of sulfonamides is 1. The highest BCUT2D eigenvalue weighted by Gasteiger charge is 2.38. The fourth-order valence-electron chi connectivity index (χ4n) is 4.22. The molecule has 13 heteroatoms. The molecule has 2 aromatic rings. The summed E-state index contributed by atoms with van der Waals surface area (Å²) >= 11 is 0. The van der Waals surface area contributed by atoms with E-state index in [1.165, 1.54) is 6.07 Å². The first kappa shape index (κ1) is 29.4. The number of carboxylic acids is 1. The highest BCUT2D eigenvalue weighted by Crippen LogP contribution is 2.26. The van der Waals surface area contributed by atoms with Crippen molar-refractivity contribution >= 4 is 27.6 Å². The number of rotatable bonds is 6. The van der Waals surface area contributed by atoms with Crippen LogP contribution in [0.1, 0.15) is 37.0 Å². The average Bonchev–Trinajstić information content (AvgIpc) is 3.33. The summed E-state index contributed by atoms with van der Waals surface area (Å²) in [5.41, 5.74) is 0.926. The zero-order valence-electron chi connectivity index (χ0n) is 20.9. The number of nitrogens with one attached hydrogen (secondary N) is 1. The van der Waals surface area contributed by atoms with Crippen molar-refractivity contribution in [2.24, 2.45) is 0 Å². The van der Waals surface area contributed by atoms with Crippen LogP contribution in [0.2, 0.25) is 0 Å². The molecule has 1 atom stereocenters. The molecule has 0 radical (unpaired) electrons. The summed E-state index contributed by atoms with van der Waals surface area (Å²) in [6.45, 7) is 6.72. The minimum Gasteiger partial charge on any atom is -0.491 e. The Morgan fingerprint density at radius 2 is 1.74 bits per heavy atom. The zero-order chi connectivity index (χ0) is 28.1. The van der Waals surface area contributed by atoms with E-state index in [0.717, 1.165) is 31.7 Å². The number of hydrogen-bond acceptors (Lipinski definition) is 6. The number of nitrogens with zero attached hydrogens (tertiary/aromatic N) is 2. The minimum atomic E-state index is -5.08. The van der Waals surface area contributed by atoms with Gasteiger partial charge in [-0.1, -0.05) is 6.07 Å². The van der Waals surface area contributed by atoms with Crippen molar-refractivity contribution in [2.45, 2.75) is 49.9 Å². The molecule has 9 nitrogen and oxygen atoms in total. The largest absolute Gasteiger partial charge is 0.491 e. The molecule has 4 rings (SSSR count). The smallest absolute Gasteiger partial charge is 0.490 e. The van der Waals surface area contributed by atoms with Crippen LogP contribution < -0.4 is 10.1 Å². The number of carbonyl (C=O) groups excluding carboxylic acids is 1. The fourth-order valence-corrected chi connectivity index (χ4v) is 5.73. The molecular formula is C25H30F3N3O6S. The van der Waals surface area contributed by atoms with Gasteiger partial charge in [-0.15, -0.1) is 0 Å². The first-order valence-electron chi connectivity index (χ1n) is 12.0. The summed E-state index contributed by atoms with van der Waals surface area (Å²) in [6.07, 6.45) is -2.85. The van der Waals surface area contributed by atoms with Crippen molar-refractivity contribution in [1.29, 1.82) is 0 Å². The molecule has 0 saturated carbocycles. The van der Waals surface area contributed by atoms with Crippen molar-refractivity contribution in [3.63, 3.8) is 0 Å². The Bertz CT molecular complexity index is 1240. The summed E-state index contributed by atoms with van der Waals surface area (Å²) in [5.74, 6) is -2.38. The lowest BCUT2D eigenvalue weighted by Crippen LogP contribution is -2.51. The molecule has 2 fully saturated rings. The van der Waals surface area contributed by atoms with E-state index >= 15 is 0 Å². The average molecular weight is 558 g/mol. The SMILES string of the molecule is CC(C)Oc1ccc(NC(=O)c2cccc(S(=O)(=O)N3CCN4CCCC4C3)c2)cc1.O=C(O)C(F)(F)F. The van der Waals surface area contributed by atoms with E-state index in [-0.39, 0.29) is 16.9 Å². The van der Waals surface area contributed by atoms with Gasteiger partial charge >= 0.3 is 12.1 Å². The molecule has 1 amide bonds. The van der Waals surface area contributed by atoms with Gasteiger partial charge in [0.1, 0.15) is 5.75 Å². The third-order valence-corrected chi connectivity index (χ3v) is 7.87. The van der Waals surface area contributed by atoms with E-state index in [2.05, 4.69) is 10.2 Å². The van der Waals surface area contributed by atoms with Crippen LogP contribution in [0.3, 0.4) is 0 Å². The molecule has 0 aliphatic carbocycles. The molecule has 208 valence electrons. The maximum Gasteiger partial charge on any atom is 0.490 e. The van der Waals surface area contributed by atoms with Crippen LogP contribution in [-0.2, 0) is 14.8 Å². The molecule has 2 saturated heterocycles. The molecule has 0 spiro atoms. The number of anilines is 1. The molecular weight excluding hydrogens is 527 g/mol. The number of fused-ring (bicyclic) bond motifs is 1. The Hall–Kier alpha value is -3.16. The van der Waals surface area contributed by atoms with Crippen LogP contribution in [-0.4, -0.2) is 79.1 Å². The highest BCUT2D eigenvalue weighted by molar-refractivity contribution is 7.89. The number of halogens is 3. The molecule has 0 aromatic heterocycles. The predicted molar refractivity (Wildman–Crippen MR) is 134 cm³/mol. The zero-order valence-corrected chi connectivity index (χ0v) is 21.8. The highest BCUT2D eigenvalue weighted by atomic mass is 32.2. The lowest BCUT2D eigenvalue weighted by Gasteiger charge is -2.36. The number of piperazine rings is 1. The van der Waals surface area contributed by atoms with E-state index in [0.29, 0.717) is 30.4 Å². The van der Waals surface area contributed by atoms with Gasteiger partial charge < -0.3 is 15.2 Å². The van der Waals surface area contributed by atoms with Crippen LogP contribution in [0, 0.1) is 0 Å². The maximum atomic E-state index is 13.2. The summed E-state index contributed by atoms with van der Waals surface area (Å²) < 4.78 is 65.3. The molecule has 2 aliphatic heterocycles. The fraction of sp³-hybridized carbons (Fsp3) is 0.440. The number of carbonyl (C=O) groups is 2. The Labute approximate surface area is 219 Å². The number of amides is 1. The van der Waals surface area contributed by atoms with Crippen LogP contribution in [0.5, 0.6) is 5.75 Å². The van der Waals surface area contributed by atoms with Gasteiger partial charge in [-0.05, 0) is 75.7 Å². The molecule has 2 heterocycles. The predicted octanol–water partition coefficient (Wildman–Crippen LogP) is 3.83. The summed E-state index contributed by atoms with van der Waals surface area (Å²) in [4.78, 5) is 24.1. The standard InChI is InChI=1S/C23H29N3O4S.C2HF3O2/c1-17(2)30-21-10-8-19(9-11-21)24-23(27)18-5-3-7-22(15-18)31(28,29)26-14-13-25-12-4-6-20(25)16-26;3-2(4,5)1(6)7/h3,5,7-11,15,17,20H,4,6,12-14,16H2,1-2H3,(H,24,27);(H,6,7). The third-order valence-electron chi connectivity index (χ3n) is 6.01. The minimum absolute atomic E-state index is 0.0711. The number of ether oxygens (including phenoxy) is 1. The summed E-state index contributed by atoms with van der Waals surface area (Å²) in [6, 6.07) is 13.7. The van der Waals surface area contributed by atoms with E-state index in [4.69, 9.17) is 14.6 Å². The second-order valence-electron chi connectivity index (χ2n) is 9.17. The number of hydrogen-bond donors (Lipinski definition) is 2. The van der Waals surface area contributed by atoms with Gasteiger partial charge in [0.25, 0.3) is 5.91 Å². The topological polar surface area (TPSA) is 116 Å². The van der Waals surface area contributed by atoms with Crippen molar-refractivity contribution in [3.8, 4) is 5.75 Å². The Kier molecular flexibility index (Phi) is 9.39. The van der Waals surface area contributed by atoms with Crippen molar-refractivity contribution in [2.75, 3.05) is 31.5 Å². The monoisotopic (exact) mass is 557 g/mol. The second kappa shape index (κ2) is 12.1. The number of alkyl halides is 3. The molecule has 2 aromatic carbocycles. The summed E-state index contributed by atoms with van der Waals surface area (Å²) in [7, 11) is -3.64. The lowest BCUT2D eigenvalue weighted by atomic mass is 10.2. The van der Waals surface area contributed by atoms with Crippen LogP contribution in [0.25, 0.3) is 0 Å². The molecule has 1 unspecified atom stereocenters. The van der Waals surface area contributed by atoms with Gasteiger partial charge in [0, 0.05) is 36.9 Å². The quantitative estimate of drug-likeness (QED) is 0.555. The first-order chi connectivity index (χ1) is 17.8. The van der Waals surface area contributed by atoms with Gasteiger partial charge in [-0.25, -0.2) is 13.2 Å². The van der Waals surface area contributed by atoms with Crippen LogP contribution >= 0.6 is 0 Å². The van der Waals surface area contributed by atoms with Gasteiger partial charge in [0.05, 0.1) is 11.0 Å². The summed E-state index contributed by atoms with van der Waals surface area (Å²) in [5, 5.41) is 9.94. The maximum absolute atomic E-state index is 13.2. The number of benzene rings is 2. The lowest BCUT2D eigenvalue weighted by molar-refractivity contribution is -0.192. The Morgan fingerprint density at radius 3 is 2.34 bits per heavy atom. The van der Waals surface area contributed by atoms with Gasteiger partial charge in [0.2, 0.25) is 10.0 Å². The van der Waals surface area contributed by atoms with E-state index < -0.39 is 22.2 Å². The van der Waals surface area contributed by atoms with Crippen molar-refractivity contribution < 1.29 is 41.0 Å². The normalized spacial score (nSPS) is 18.3. The van der Waals surface area contributed by atoms with E-state index in [9.17, 15) is 26.4 Å². The van der Waals surface area contributed by atoms with Crippen molar-refractivity contribution in [3.05, 3.63) is 54.1 Å². The van der Waals surface area contributed by atoms with Crippen molar-refractivity contribution in [1.82, 2.24) is 9.21 Å². The molecule has 2 N–H and O–H groups in total. The first-order valence-corrected chi connectivity index (χ1v) is 13.4. The van der Waals surface area contributed by atoms with E-state index in [1.807, 2.05) is 13.8 Å². The van der Waals surface area contributed by atoms with Crippen LogP contribution in [0.15, 0.2) is 53.4 Å². The van der Waals surface area contributed by atoms with Gasteiger partial charge in [-0.2, -0.15) is 17.5 Å². The van der Waals surface area contributed by atoms with E-state index in [1.54, 1.807) is 46.8 Å². The Balaban J connectivity index is 0.000000505. The number of carboxylic acid groups (broad SMARTS) is 1. The Morgan fingerprint density at radius 1 is 1.08 bits per heavy atom. The third kappa shape index (κ3) is 7.68. The second-order valence-corrected chi connectivity index (χ2v) is 11.1. The molecule has 0 bridgehead atoms.